The quantitative estimate of drug-likeness (QED) is 0.849. The summed E-state index contributed by atoms with van der Waals surface area (Å²) in [6.07, 6.45) is 0. The fraction of sp³-hybridized carbons (Fsp3) is 0.176. The Hall–Kier alpha value is -2.53. The van der Waals surface area contributed by atoms with Crippen molar-refractivity contribution in [1.82, 2.24) is 4.90 Å². The molecule has 2 amide bonds. The second-order valence-corrected chi connectivity index (χ2v) is 5.51. The Morgan fingerprint density at radius 3 is 2.48 bits per heavy atom. The van der Waals surface area contributed by atoms with E-state index in [0.29, 0.717) is 22.0 Å². The maximum absolute atomic E-state index is 12.0. The molecule has 0 aliphatic carbocycles. The van der Waals surface area contributed by atoms with Crippen LogP contribution < -0.4 is 10.1 Å². The summed E-state index contributed by atoms with van der Waals surface area (Å²) in [5, 5.41) is 3.29. The van der Waals surface area contributed by atoms with Crippen molar-refractivity contribution in [2.24, 2.45) is 0 Å². The Balaban J connectivity index is 1.96. The van der Waals surface area contributed by atoms with Gasteiger partial charge in [-0.05, 0) is 36.4 Å². The van der Waals surface area contributed by atoms with E-state index >= 15 is 0 Å². The predicted molar refractivity (Wildman–Crippen MR) is 90.4 cm³/mol. The van der Waals surface area contributed by atoms with Gasteiger partial charge in [-0.15, -0.1) is 0 Å². The Kier molecular flexibility index (Phi) is 5.60. The highest BCUT2D eigenvalue weighted by molar-refractivity contribution is 6.30. The number of Topliss-reactive ketones (excluding diaryl/α,β-unsaturated/α-hetero) is 1. The molecular formula is C17H17ClN2O3. The molecule has 2 rings (SSSR count). The van der Waals surface area contributed by atoms with Crippen LogP contribution >= 0.6 is 11.6 Å². The molecule has 120 valence electrons. The lowest BCUT2D eigenvalue weighted by molar-refractivity contribution is 0.0921. The molecule has 1 N–H and O–H groups in total. The molecule has 2 aromatic carbocycles. The van der Waals surface area contributed by atoms with Gasteiger partial charge in [-0.1, -0.05) is 17.7 Å². The Bertz CT molecular complexity index is 699. The van der Waals surface area contributed by atoms with E-state index in [9.17, 15) is 9.59 Å². The van der Waals surface area contributed by atoms with Gasteiger partial charge in [-0.2, -0.15) is 0 Å². The molecule has 6 heteroatoms. The van der Waals surface area contributed by atoms with Gasteiger partial charge in [0.25, 0.3) is 0 Å². The van der Waals surface area contributed by atoms with E-state index in [4.69, 9.17) is 16.3 Å². The normalized spacial score (nSPS) is 10.0. The number of rotatable bonds is 5. The minimum Gasteiger partial charge on any atom is -0.485 e. The molecule has 0 aliphatic heterocycles. The Morgan fingerprint density at radius 1 is 1.13 bits per heavy atom. The van der Waals surface area contributed by atoms with Gasteiger partial charge >= 0.3 is 6.03 Å². The molecule has 0 saturated carbocycles. The maximum atomic E-state index is 12.0. The smallest absolute Gasteiger partial charge is 0.321 e. The summed E-state index contributed by atoms with van der Waals surface area (Å²) in [5.41, 5.74) is 1.13. The highest BCUT2D eigenvalue weighted by Gasteiger charge is 2.08. The fourth-order valence-corrected chi connectivity index (χ4v) is 1.89. The van der Waals surface area contributed by atoms with Gasteiger partial charge in [0.2, 0.25) is 0 Å². The standard InChI is InChI=1S/C17H17ClN2O3/c1-20(2)17(22)19-14-4-3-5-15(10-14)23-11-16(21)12-6-8-13(18)9-7-12/h3-10H,11H2,1-2H3,(H,19,22). The molecule has 0 atom stereocenters. The third kappa shape index (κ3) is 5.00. The summed E-state index contributed by atoms with van der Waals surface area (Å²) in [5.74, 6) is 0.355. The van der Waals surface area contributed by atoms with E-state index in [2.05, 4.69) is 5.32 Å². The molecule has 0 unspecified atom stereocenters. The highest BCUT2D eigenvalue weighted by Crippen LogP contribution is 2.18. The van der Waals surface area contributed by atoms with Crippen LogP contribution in [0.2, 0.25) is 5.02 Å². The first-order valence-corrected chi connectivity index (χ1v) is 7.33. The van der Waals surface area contributed by atoms with Crippen LogP contribution in [0.3, 0.4) is 0 Å². The molecule has 2 aromatic rings. The lowest BCUT2D eigenvalue weighted by Gasteiger charge is -2.13. The Morgan fingerprint density at radius 2 is 1.83 bits per heavy atom. The zero-order chi connectivity index (χ0) is 16.8. The molecule has 5 nitrogen and oxygen atoms in total. The molecule has 0 saturated heterocycles. The largest absolute Gasteiger partial charge is 0.485 e. The summed E-state index contributed by atoms with van der Waals surface area (Å²) >= 11 is 5.79. The average molecular weight is 333 g/mol. The third-order valence-electron chi connectivity index (χ3n) is 3.03. The van der Waals surface area contributed by atoms with Crippen molar-refractivity contribution in [3.63, 3.8) is 0 Å². The Labute approximate surface area is 139 Å². The van der Waals surface area contributed by atoms with Crippen LogP contribution in [0.4, 0.5) is 10.5 Å². The summed E-state index contributed by atoms with van der Waals surface area (Å²) in [6.45, 7) is -0.0906. The van der Waals surface area contributed by atoms with E-state index in [1.165, 1.54) is 4.90 Å². The van der Waals surface area contributed by atoms with E-state index in [0.717, 1.165) is 0 Å². The SMILES string of the molecule is CN(C)C(=O)Nc1cccc(OCC(=O)c2ccc(Cl)cc2)c1. The van der Waals surface area contributed by atoms with Gasteiger partial charge in [-0.3, -0.25) is 4.79 Å². The molecule has 0 aromatic heterocycles. The second kappa shape index (κ2) is 7.65. The number of amides is 2. The molecular weight excluding hydrogens is 316 g/mol. The van der Waals surface area contributed by atoms with E-state index in [-0.39, 0.29) is 18.4 Å². The topological polar surface area (TPSA) is 58.6 Å². The number of halogens is 1. The van der Waals surface area contributed by atoms with Crippen LogP contribution in [-0.2, 0) is 0 Å². The summed E-state index contributed by atoms with van der Waals surface area (Å²) in [4.78, 5) is 25.1. The van der Waals surface area contributed by atoms with Crippen LogP contribution in [0.25, 0.3) is 0 Å². The number of nitrogens with one attached hydrogen (secondary N) is 1. The molecule has 0 radical (unpaired) electrons. The zero-order valence-corrected chi connectivity index (χ0v) is 13.6. The molecule has 0 heterocycles. The van der Waals surface area contributed by atoms with E-state index in [1.54, 1.807) is 62.6 Å². The summed E-state index contributed by atoms with van der Waals surface area (Å²) < 4.78 is 5.49. The number of urea groups is 1. The van der Waals surface area contributed by atoms with E-state index < -0.39 is 0 Å². The number of nitrogens with zero attached hydrogens (tertiary/aromatic N) is 1. The first-order valence-electron chi connectivity index (χ1n) is 6.95. The first kappa shape index (κ1) is 16.8. The molecule has 23 heavy (non-hydrogen) atoms. The first-order chi connectivity index (χ1) is 11.0. The van der Waals surface area contributed by atoms with Gasteiger partial charge in [0, 0.05) is 36.4 Å². The average Bonchev–Trinajstić information content (AvgIpc) is 2.53. The van der Waals surface area contributed by atoms with Gasteiger partial charge in [0.1, 0.15) is 5.75 Å². The molecule has 0 spiro atoms. The third-order valence-corrected chi connectivity index (χ3v) is 3.28. The van der Waals surface area contributed by atoms with Crippen molar-refractivity contribution >= 4 is 29.1 Å². The number of benzene rings is 2. The lowest BCUT2D eigenvalue weighted by atomic mass is 10.1. The van der Waals surface area contributed by atoms with Crippen molar-refractivity contribution in [2.75, 3.05) is 26.0 Å². The monoisotopic (exact) mass is 332 g/mol. The van der Waals surface area contributed by atoms with Crippen LogP contribution in [0.15, 0.2) is 48.5 Å². The second-order valence-electron chi connectivity index (χ2n) is 5.07. The molecule has 0 bridgehead atoms. The number of carbonyl (C=O) groups excluding carboxylic acids is 2. The lowest BCUT2D eigenvalue weighted by Crippen LogP contribution is -2.27. The highest BCUT2D eigenvalue weighted by atomic mass is 35.5. The summed E-state index contributed by atoms with van der Waals surface area (Å²) in [6, 6.07) is 13.3. The van der Waals surface area contributed by atoms with Crippen molar-refractivity contribution in [1.29, 1.82) is 0 Å². The number of anilines is 1. The van der Waals surface area contributed by atoms with Crippen molar-refractivity contribution < 1.29 is 14.3 Å². The van der Waals surface area contributed by atoms with Crippen LogP contribution in [-0.4, -0.2) is 37.4 Å². The number of hydrogen-bond donors (Lipinski definition) is 1. The minimum atomic E-state index is -0.237. The van der Waals surface area contributed by atoms with Gasteiger partial charge in [-0.25, -0.2) is 4.79 Å². The minimum absolute atomic E-state index is 0.0906. The molecule has 0 fully saturated rings. The van der Waals surface area contributed by atoms with Crippen LogP contribution in [0.1, 0.15) is 10.4 Å². The van der Waals surface area contributed by atoms with Crippen molar-refractivity contribution in [3.05, 3.63) is 59.1 Å². The van der Waals surface area contributed by atoms with E-state index in [1.807, 2.05) is 0 Å². The number of carbonyl (C=O) groups is 2. The molecule has 0 aliphatic rings. The maximum Gasteiger partial charge on any atom is 0.321 e. The predicted octanol–water partition coefficient (Wildman–Crippen LogP) is 3.70. The number of ketones is 1. The summed E-state index contributed by atoms with van der Waals surface area (Å²) in [7, 11) is 3.31. The van der Waals surface area contributed by atoms with Crippen LogP contribution in [0.5, 0.6) is 5.75 Å². The van der Waals surface area contributed by atoms with Gasteiger partial charge < -0.3 is 15.0 Å². The number of ether oxygens (including phenoxy) is 1. The van der Waals surface area contributed by atoms with Crippen molar-refractivity contribution in [2.45, 2.75) is 0 Å². The van der Waals surface area contributed by atoms with Crippen LogP contribution in [0, 0.1) is 0 Å². The number of hydrogen-bond acceptors (Lipinski definition) is 3. The van der Waals surface area contributed by atoms with Crippen molar-refractivity contribution in [3.8, 4) is 5.75 Å². The van der Waals surface area contributed by atoms with Gasteiger partial charge in [0.05, 0.1) is 0 Å². The van der Waals surface area contributed by atoms with Gasteiger partial charge in [0.15, 0.2) is 12.4 Å². The fourth-order valence-electron chi connectivity index (χ4n) is 1.77. The zero-order valence-electron chi connectivity index (χ0n) is 12.9.